The van der Waals surface area contributed by atoms with E-state index in [4.69, 9.17) is 9.47 Å². The Morgan fingerprint density at radius 1 is 1.33 bits per heavy atom. The molecule has 0 rings (SSSR count). The molecule has 0 saturated heterocycles. The Bertz CT molecular complexity index is 228. The van der Waals surface area contributed by atoms with Gasteiger partial charge in [-0.3, -0.25) is 0 Å². The molecule has 0 fully saturated rings. The first-order valence-corrected chi connectivity index (χ1v) is 6.68. The first kappa shape index (κ1) is 17.1. The third-order valence-electron chi connectivity index (χ3n) is 2.84. The molecule has 2 atom stereocenters. The fourth-order valence-electron chi connectivity index (χ4n) is 1.72. The molecule has 0 saturated carbocycles. The number of aliphatic hydroxyl groups excluding tert-OH is 1. The molecule has 0 aromatic carbocycles. The highest BCUT2D eigenvalue weighted by Gasteiger charge is 2.08. The van der Waals surface area contributed by atoms with Gasteiger partial charge in [-0.2, -0.15) is 0 Å². The molecule has 4 heteroatoms. The van der Waals surface area contributed by atoms with Crippen LogP contribution in [0.3, 0.4) is 0 Å². The van der Waals surface area contributed by atoms with Crippen molar-refractivity contribution in [3.63, 3.8) is 0 Å². The van der Waals surface area contributed by atoms with Crippen LogP contribution in [0, 0.1) is 5.92 Å². The van der Waals surface area contributed by atoms with Crippen molar-refractivity contribution < 1.29 is 19.4 Å². The van der Waals surface area contributed by atoms with Gasteiger partial charge in [0.1, 0.15) is 12.7 Å². The molecule has 0 aliphatic rings. The third kappa shape index (κ3) is 9.19. The van der Waals surface area contributed by atoms with Crippen LogP contribution in [0.2, 0.25) is 0 Å². The Hall–Kier alpha value is -0.870. The predicted octanol–water partition coefficient (Wildman–Crippen LogP) is 2.31. The minimum Gasteiger partial charge on any atom is -0.460 e. The van der Waals surface area contributed by atoms with E-state index < -0.39 is 12.1 Å². The van der Waals surface area contributed by atoms with Gasteiger partial charge in [0, 0.05) is 12.7 Å². The van der Waals surface area contributed by atoms with Crippen molar-refractivity contribution in [2.24, 2.45) is 5.92 Å². The molecule has 0 amide bonds. The normalized spacial score (nSPS) is 13.9. The maximum absolute atomic E-state index is 10.8. The topological polar surface area (TPSA) is 55.8 Å². The van der Waals surface area contributed by atoms with Crippen LogP contribution >= 0.6 is 0 Å². The Labute approximate surface area is 110 Å². The summed E-state index contributed by atoms with van der Waals surface area (Å²) in [7, 11) is 0. The molecule has 2 unspecified atom stereocenters. The maximum Gasteiger partial charge on any atom is 0.330 e. The average Bonchev–Trinajstić information content (AvgIpc) is 2.39. The van der Waals surface area contributed by atoms with Crippen LogP contribution < -0.4 is 0 Å². The van der Waals surface area contributed by atoms with Gasteiger partial charge in [-0.05, 0) is 12.3 Å². The third-order valence-corrected chi connectivity index (χ3v) is 2.84. The highest BCUT2D eigenvalue weighted by atomic mass is 16.5. The SMILES string of the molecule is C=CC(=O)OCC(O)COCCC(CC)CCC. The Morgan fingerprint density at radius 2 is 2.06 bits per heavy atom. The van der Waals surface area contributed by atoms with Gasteiger partial charge < -0.3 is 14.6 Å². The molecule has 0 spiro atoms. The van der Waals surface area contributed by atoms with E-state index in [1.807, 2.05) is 0 Å². The number of carbonyl (C=O) groups excluding carboxylic acids is 1. The monoisotopic (exact) mass is 258 g/mol. The molecule has 0 heterocycles. The van der Waals surface area contributed by atoms with E-state index in [1.165, 1.54) is 12.8 Å². The molecule has 0 bridgehead atoms. The van der Waals surface area contributed by atoms with Crippen LogP contribution in [0.5, 0.6) is 0 Å². The van der Waals surface area contributed by atoms with E-state index in [1.54, 1.807) is 0 Å². The van der Waals surface area contributed by atoms with Crippen LogP contribution in [-0.2, 0) is 14.3 Å². The molecule has 0 aliphatic heterocycles. The summed E-state index contributed by atoms with van der Waals surface area (Å²) in [6.45, 7) is 8.44. The number of ether oxygens (including phenoxy) is 2. The van der Waals surface area contributed by atoms with Gasteiger partial charge >= 0.3 is 5.97 Å². The average molecular weight is 258 g/mol. The van der Waals surface area contributed by atoms with E-state index in [0.29, 0.717) is 12.5 Å². The summed E-state index contributed by atoms with van der Waals surface area (Å²) < 4.78 is 10.1. The molecule has 106 valence electrons. The smallest absolute Gasteiger partial charge is 0.330 e. The summed E-state index contributed by atoms with van der Waals surface area (Å²) in [6, 6.07) is 0. The number of esters is 1. The molecule has 1 N–H and O–H groups in total. The minimum absolute atomic E-state index is 0.0446. The molecule has 0 aromatic heterocycles. The fraction of sp³-hybridized carbons (Fsp3) is 0.786. The number of carbonyl (C=O) groups is 1. The van der Waals surface area contributed by atoms with Crippen LogP contribution in [0.25, 0.3) is 0 Å². The van der Waals surface area contributed by atoms with Gasteiger partial charge in [-0.25, -0.2) is 4.79 Å². The summed E-state index contributed by atoms with van der Waals surface area (Å²) in [5.74, 6) is 0.175. The van der Waals surface area contributed by atoms with E-state index in [-0.39, 0.29) is 13.2 Å². The van der Waals surface area contributed by atoms with Crippen LogP contribution in [0.1, 0.15) is 39.5 Å². The summed E-state index contributed by atoms with van der Waals surface area (Å²) >= 11 is 0. The quantitative estimate of drug-likeness (QED) is 0.351. The summed E-state index contributed by atoms with van der Waals surface area (Å²) in [6.07, 6.45) is 4.91. The lowest BCUT2D eigenvalue weighted by atomic mass is 9.98. The first-order chi connectivity index (χ1) is 8.63. The first-order valence-electron chi connectivity index (χ1n) is 6.68. The van der Waals surface area contributed by atoms with Gasteiger partial charge in [0.25, 0.3) is 0 Å². The minimum atomic E-state index is -0.764. The molecule has 0 aromatic rings. The molecule has 0 aliphatic carbocycles. The van der Waals surface area contributed by atoms with Crippen molar-refractivity contribution >= 4 is 5.97 Å². The zero-order valence-electron chi connectivity index (χ0n) is 11.6. The van der Waals surface area contributed by atoms with Crippen LogP contribution in [-0.4, -0.2) is 37.0 Å². The fourth-order valence-corrected chi connectivity index (χ4v) is 1.72. The van der Waals surface area contributed by atoms with Gasteiger partial charge in [0.2, 0.25) is 0 Å². The van der Waals surface area contributed by atoms with E-state index >= 15 is 0 Å². The van der Waals surface area contributed by atoms with Crippen molar-refractivity contribution in [1.82, 2.24) is 0 Å². The van der Waals surface area contributed by atoms with E-state index in [0.717, 1.165) is 18.9 Å². The highest BCUT2D eigenvalue weighted by molar-refractivity contribution is 5.81. The zero-order chi connectivity index (χ0) is 13.8. The van der Waals surface area contributed by atoms with Gasteiger partial charge in [0.05, 0.1) is 6.61 Å². The predicted molar refractivity (Wildman–Crippen MR) is 71.3 cm³/mol. The van der Waals surface area contributed by atoms with Crippen molar-refractivity contribution in [2.75, 3.05) is 19.8 Å². The standard InChI is InChI=1S/C14H26O4/c1-4-7-12(5-2)8-9-17-10-13(15)11-18-14(16)6-3/h6,12-13,15H,3-5,7-11H2,1-2H3. The number of hydrogen-bond donors (Lipinski definition) is 1. The maximum atomic E-state index is 10.8. The van der Waals surface area contributed by atoms with Crippen LogP contribution in [0.15, 0.2) is 12.7 Å². The molecular weight excluding hydrogens is 232 g/mol. The van der Waals surface area contributed by atoms with Crippen molar-refractivity contribution in [2.45, 2.75) is 45.6 Å². The number of aliphatic hydroxyl groups is 1. The second-order valence-electron chi connectivity index (χ2n) is 4.41. The molecule has 0 radical (unpaired) electrons. The number of rotatable bonds is 11. The van der Waals surface area contributed by atoms with E-state index in [2.05, 4.69) is 20.4 Å². The lowest BCUT2D eigenvalue weighted by Gasteiger charge is -2.15. The Kier molecular flexibility index (Phi) is 10.7. The largest absolute Gasteiger partial charge is 0.460 e. The molecule has 18 heavy (non-hydrogen) atoms. The summed E-state index contributed by atoms with van der Waals surface area (Å²) in [5, 5.41) is 9.48. The van der Waals surface area contributed by atoms with Gasteiger partial charge in [-0.1, -0.05) is 39.7 Å². The van der Waals surface area contributed by atoms with Crippen LogP contribution in [0.4, 0.5) is 0 Å². The lowest BCUT2D eigenvalue weighted by molar-refractivity contribution is -0.141. The molecule has 4 nitrogen and oxygen atoms in total. The van der Waals surface area contributed by atoms with Crippen molar-refractivity contribution in [3.05, 3.63) is 12.7 Å². The Balaban J connectivity index is 3.52. The Morgan fingerprint density at radius 3 is 2.61 bits per heavy atom. The lowest BCUT2D eigenvalue weighted by Crippen LogP contribution is -2.23. The second-order valence-corrected chi connectivity index (χ2v) is 4.41. The summed E-state index contributed by atoms with van der Waals surface area (Å²) in [5.41, 5.74) is 0. The van der Waals surface area contributed by atoms with Crippen molar-refractivity contribution in [1.29, 1.82) is 0 Å². The van der Waals surface area contributed by atoms with Gasteiger partial charge in [-0.15, -0.1) is 0 Å². The summed E-state index contributed by atoms with van der Waals surface area (Å²) in [4.78, 5) is 10.8. The zero-order valence-corrected chi connectivity index (χ0v) is 11.6. The van der Waals surface area contributed by atoms with Gasteiger partial charge in [0.15, 0.2) is 0 Å². The van der Waals surface area contributed by atoms with Crippen molar-refractivity contribution in [3.8, 4) is 0 Å². The van der Waals surface area contributed by atoms with E-state index in [9.17, 15) is 9.90 Å². The highest BCUT2D eigenvalue weighted by Crippen LogP contribution is 2.14. The number of hydrogen-bond acceptors (Lipinski definition) is 4. The second kappa shape index (κ2) is 11.2. The molecular formula is C14H26O4.